The summed E-state index contributed by atoms with van der Waals surface area (Å²) in [5.74, 6) is 0.263. The molecule has 202 valence electrons. The van der Waals surface area contributed by atoms with Gasteiger partial charge in [0, 0.05) is 6.07 Å². The minimum absolute atomic E-state index is 0.0500. The molecule has 3 aromatic carbocycles. The summed E-state index contributed by atoms with van der Waals surface area (Å²) in [5.41, 5.74) is 0.302. The van der Waals surface area contributed by atoms with Gasteiger partial charge in [0.15, 0.2) is 11.5 Å². The monoisotopic (exact) mass is 534 g/mol. The molecule has 4 aromatic rings. The highest BCUT2D eigenvalue weighted by atomic mass is 16.5. The number of ether oxygens (including phenoxy) is 6. The van der Waals surface area contributed by atoms with E-state index in [0.29, 0.717) is 35.2 Å². The number of fused-ring (bicyclic) bond motifs is 1. The van der Waals surface area contributed by atoms with Gasteiger partial charge in [0.1, 0.15) is 23.3 Å². The highest BCUT2D eigenvalue weighted by molar-refractivity contribution is 5.93. The van der Waals surface area contributed by atoms with Gasteiger partial charge in [0.2, 0.25) is 16.9 Å². The summed E-state index contributed by atoms with van der Waals surface area (Å²) >= 11 is 0. The van der Waals surface area contributed by atoms with Gasteiger partial charge in [-0.25, -0.2) is 9.59 Å². The molecule has 0 aliphatic rings. The molecule has 10 heteroatoms. The molecule has 0 aliphatic heterocycles. The fraction of sp³-hybridized carbons (Fsp3) is 0.207. The van der Waals surface area contributed by atoms with Crippen LogP contribution in [0.3, 0.4) is 0 Å². The Morgan fingerprint density at radius 1 is 0.769 bits per heavy atom. The van der Waals surface area contributed by atoms with Crippen LogP contribution in [-0.2, 0) is 4.74 Å². The van der Waals surface area contributed by atoms with E-state index in [-0.39, 0.29) is 28.0 Å². The predicted octanol–water partition coefficient (Wildman–Crippen LogP) is 5.40. The van der Waals surface area contributed by atoms with Crippen molar-refractivity contribution >= 4 is 22.9 Å². The van der Waals surface area contributed by atoms with Gasteiger partial charge in [-0.2, -0.15) is 0 Å². The predicted molar refractivity (Wildman–Crippen MR) is 141 cm³/mol. The minimum atomic E-state index is -0.682. The molecule has 1 heterocycles. The van der Waals surface area contributed by atoms with E-state index < -0.39 is 17.4 Å². The molecule has 0 atom stereocenters. The van der Waals surface area contributed by atoms with Gasteiger partial charge < -0.3 is 32.8 Å². The number of rotatable bonds is 10. The molecule has 0 spiro atoms. The molecule has 39 heavy (non-hydrogen) atoms. The molecule has 0 saturated carbocycles. The second-order valence-corrected chi connectivity index (χ2v) is 8.15. The van der Waals surface area contributed by atoms with Crippen molar-refractivity contribution in [3.05, 3.63) is 82.2 Å². The van der Waals surface area contributed by atoms with Crippen molar-refractivity contribution in [2.75, 3.05) is 27.9 Å². The highest BCUT2D eigenvalue weighted by Crippen LogP contribution is 2.38. The Bertz CT molecular complexity index is 1530. The lowest BCUT2D eigenvalue weighted by Gasteiger charge is -2.13. The Hall–Kier alpha value is -4.99. The standard InChI is InChI=1S/C29H26O10/c1-5-12-36-28(31)17-6-8-19(9-7-17)38-25-16-37-22-15-20(10-11-21(22)26(25)30)39-29(32)18-13-23(33-2)27(35-4)24(14-18)34-3/h6-11,13-16H,5,12H2,1-4H3. The van der Waals surface area contributed by atoms with Gasteiger partial charge in [0.25, 0.3) is 0 Å². The van der Waals surface area contributed by atoms with E-state index in [2.05, 4.69) is 0 Å². The molecule has 0 amide bonds. The Morgan fingerprint density at radius 2 is 1.44 bits per heavy atom. The van der Waals surface area contributed by atoms with Gasteiger partial charge in [-0.1, -0.05) is 6.92 Å². The largest absolute Gasteiger partial charge is 0.493 e. The van der Waals surface area contributed by atoms with Crippen LogP contribution in [-0.4, -0.2) is 39.9 Å². The first-order valence-corrected chi connectivity index (χ1v) is 11.9. The molecule has 10 nitrogen and oxygen atoms in total. The van der Waals surface area contributed by atoms with E-state index in [9.17, 15) is 14.4 Å². The van der Waals surface area contributed by atoms with Crippen LogP contribution in [0.4, 0.5) is 0 Å². The molecule has 0 bridgehead atoms. The first-order valence-electron chi connectivity index (χ1n) is 11.9. The van der Waals surface area contributed by atoms with Gasteiger partial charge in [-0.15, -0.1) is 0 Å². The maximum Gasteiger partial charge on any atom is 0.343 e. The van der Waals surface area contributed by atoms with Crippen LogP contribution in [0.25, 0.3) is 11.0 Å². The number of carbonyl (C=O) groups excluding carboxylic acids is 2. The Morgan fingerprint density at radius 3 is 2.05 bits per heavy atom. The van der Waals surface area contributed by atoms with Crippen LogP contribution in [0.2, 0.25) is 0 Å². The van der Waals surface area contributed by atoms with E-state index in [4.69, 9.17) is 32.8 Å². The minimum Gasteiger partial charge on any atom is -0.493 e. The lowest BCUT2D eigenvalue weighted by atomic mass is 10.1. The topological polar surface area (TPSA) is 120 Å². The number of benzene rings is 3. The maximum absolute atomic E-state index is 13.0. The number of hydrogen-bond donors (Lipinski definition) is 0. The zero-order valence-corrected chi connectivity index (χ0v) is 21.8. The summed E-state index contributed by atoms with van der Waals surface area (Å²) < 4.78 is 37.7. The molecular formula is C29H26O10. The van der Waals surface area contributed by atoms with Crippen molar-refractivity contribution in [3.63, 3.8) is 0 Å². The number of esters is 2. The molecule has 1 aromatic heterocycles. The highest BCUT2D eigenvalue weighted by Gasteiger charge is 2.19. The number of hydrogen-bond acceptors (Lipinski definition) is 10. The van der Waals surface area contributed by atoms with Gasteiger partial charge >= 0.3 is 11.9 Å². The average Bonchev–Trinajstić information content (AvgIpc) is 2.96. The molecule has 0 N–H and O–H groups in total. The quantitative estimate of drug-likeness (QED) is 0.193. The zero-order chi connectivity index (χ0) is 27.9. The summed E-state index contributed by atoms with van der Waals surface area (Å²) in [6, 6.07) is 13.5. The molecule has 0 aliphatic carbocycles. The van der Waals surface area contributed by atoms with E-state index in [1.807, 2.05) is 6.92 Å². The summed E-state index contributed by atoms with van der Waals surface area (Å²) in [7, 11) is 4.34. The van der Waals surface area contributed by atoms with Crippen molar-refractivity contribution in [1.82, 2.24) is 0 Å². The Labute approximate surface area is 223 Å². The first-order chi connectivity index (χ1) is 18.9. The van der Waals surface area contributed by atoms with Crippen molar-refractivity contribution < 1.29 is 42.4 Å². The first kappa shape index (κ1) is 27.1. The average molecular weight is 535 g/mol. The maximum atomic E-state index is 13.0. The molecular weight excluding hydrogens is 508 g/mol. The van der Waals surface area contributed by atoms with Crippen LogP contribution in [0, 0.1) is 0 Å². The second-order valence-electron chi connectivity index (χ2n) is 8.15. The van der Waals surface area contributed by atoms with Crippen LogP contribution < -0.4 is 29.1 Å². The van der Waals surface area contributed by atoms with Crippen LogP contribution in [0.15, 0.2) is 70.1 Å². The smallest absolute Gasteiger partial charge is 0.343 e. The molecule has 0 fully saturated rings. The third kappa shape index (κ3) is 5.96. The zero-order valence-electron chi connectivity index (χ0n) is 21.8. The third-order valence-electron chi connectivity index (χ3n) is 5.58. The van der Waals surface area contributed by atoms with Crippen molar-refractivity contribution in [2.24, 2.45) is 0 Å². The summed E-state index contributed by atoms with van der Waals surface area (Å²) in [4.78, 5) is 37.7. The third-order valence-corrected chi connectivity index (χ3v) is 5.58. The molecule has 4 rings (SSSR count). The van der Waals surface area contributed by atoms with Gasteiger partial charge in [-0.05, 0) is 55.0 Å². The fourth-order valence-electron chi connectivity index (χ4n) is 3.65. The molecule has 0 unspecified atom stereocenters. The van der Waals surface area contributed by atoms with E-state index >= 15 is 0 Å². The van der Waals surface area contributed by atoms with Crippen molar-refractivity contribution in [3.8, 4) is 34.5 Å². The molecule has 0 radical (unpaired) electrons. The van der Waals surface area contributed by atoms with E-state index in [1.165, 1.54) is 57.9 Å². The number of carbonyl (C=O) groups is 2. The van der Waals surface area contributed by atoms with Crippen LogP contribution in [0.5, 0.6) is 34.5 Å². The normalized spacial score (nSPS) is 10.6. The Kier molecular flexibility index (Phi) is 8.35. The van der Waals surface area contributed by atoms with Crippen molar-refractivity contribution in [1.29, 1.82) is 0 Å². The fourth-order valence-corrected chi connectivity index (χ4v) is 3.65. The lowest BCUT2D eigenvalue weighted by Crippen LogP contribution is -2.10. The van der Waals surface area contributed by atoms with E-state index in [0.717, 1.165) is 6.42 Å². The SMILES string of the molecule is CCCOC(=O)c1ccc(Oc2coc3cc(OC(=O)c4cc(OC)c(OC)c(OC)c4)ccc3c2=O)cc1. The van der Waals surface area contributed by atoms with Gasteiger partial charge in [0.05, 0.1) is 44.4 Å². The Balaban J connectivity index is 1.52. The van der Waals surface area contributed by atoms with E-state index in [1.54, 1.807) is 24.3 Å². The second kappa shape index (κ2) is 12.0. The molecule has 0 saturated heterocycles. The summed E-state index contributed by atoms with van der Waals surface area (Å²) in [5, 5.41) is 0.222. The van der Waals surface area contributed by atoms with Crippen LogP contribution >= 0.6 is 0 Å². The lowest BCUT2D eigenvalue weighted by molar-refractivity contribution is 0.0504. The summed E-state index contributed by atoms with van der Waals surface area (Å²) in [6.07, 6.45) is 1.89. The number of methoxy groups -OCH3 is 3. The van der Waals surface area contributed by atoms with Crippen LogP contribution in [0.1, 0.15) is 34.1 Å². The van der Waals surface area contributed by atoms with Gasteiger partial charge in [-0.3, -0.25) is 4.79 Å². The summed E-state index contributed by atoms with van der Waals surface area (Å²) in [6.45, 7) is 2.24. The van der Waals surface area contributed by atoms with Crippen molar-refractivity contribution in [2.45, 2.75) is 13.3 Å².